The van der Waals surface area contributed by atoms with Crippen molar-refractivity contribution in [3.05, 3.63) is 47.5 Å². The Morgan fingerprint density at radius 2 is 1.81 bits per heavy atom. The number of likely N-dealkylation sites (N-methyl/N-ethyl adjacent to an activating group) is 1. The molecule has 3 amide bonds. The fourth-order valence-corrected chi connectivity index (χ4v) is 5.42. The molecule has 31 heavy (non-hydrogen) atoms. The minimum Gasteiger partial charge on any atom is -0.357 e. The zero-order chi connectivity index (χ0) is 23.2. The van der Waals surface area contributed by atoms with Crippen LogP contribution in [0.4, 0.5) is 0 Å². The van der Waals surface area contributed by atoms with E-state index in [0.29, 0.717) is 12.8 Å². The number of allylic oxidation sites excluding steroid dienone is 1. The van der Waals surface area contributed by atoms with Gasteiger partial charge >= 0.3 is 0 Å². The lowest BCUT2D eigenvalue weighted by Crippen LogP contribution is -2.53. The maximum absolute atomic E-state index is 13.3. The molecule has 4 atom stereocenters. The molecule has 1 aliphatic carbocycles. The smallest absolute Gasteiger partial charge is 0.248 e. The van der Waals surface area contributed by atoms with Gasteiger partial charge < -0.3 is 10.6 Å². The Morgan fingerprint density at radius 3 is 2.35 bits per heavy atom. The SMILES string of the molecule is CNC(=O)[C@H](Cc1ccccc1)NC(=O)[C@@H]1CC(C)=CC(SC(C)(C)C)[C@H]1C(=O)NO. The van der Waals surface area contributed by atoms with E-state index in [4.69, 9.17) is 0 Å². The van der Waals surface area contributed by atoms with Crippen LogP contribution in [0.15, 0.2) is 42.0 Å². The summed E-state index contributed by atoms with van der Waals surface area (Å²) in [7, 11) is 1.53. The molecule has 0 saturated carbocycles. The van der Waals surface area contributed by atoms with Crippen LogP contribution in [0.25, 0.3) is 0 Å². The summed E-state index contributed by atoms with van der Waals surface area (Å²) in [6, 6.07) is 8.67. The van der Waals surface area contributed by atoms with Crippen molar-refractivity contribution in [1.82, 2.24) is 16.1 Å². The molecule has 0 heterocycles. The molecule has 7 nitrogen and oxygen atoms in total. The van der Waals surface area contributed by atoms with Gasteiger partial charge in [0.2, 0.25) is 17.7 Å². The molecule has 0 bridgehead atoms. The summed E-state index contributed by atoms with van der Waals surface area (Å²) in [4.78, 5) is 38.4. The molecule has 0 fully saturated rings. The Morgan fingerprint density at radius 1 is 1.16 bits per heavy atom. The first-order chi connectivity index (χ1) is 14.6. The monoisotopic (exact) mass is 447 g/mol. The van der Waals surface area contributed by atoms with Gasteiger partial charge in [0.15, 0.2) is 0 Å². The fourth-order valence-electron chi connectivity index (χ4n) is 3.84. The van der Waals surface area contributed by atoms with Crippen molar-refractivity contribution >= 4 is 29.5 Å². The molecule has 1 unspecified atom stereocenters. The summed E-state index contributed by atoms with van der Waals surface area (Å²) in [6.45, 7) is 8.06. The van der Waals surface area contributed by atoms with Crippen molar-refractivity contribution in [2.24, 2.45) is 11.8 Å². The van der Waals surface area contributed by atoms with Gasteiger partial charge in [0.05, 0.1) is 11.8 Å². The van der Waals surface area contributed by atoms with Crippen molar-refractivity contribution in [2.75, 3.05) is 7.05 Å². The minimum atomic E-state index is -0.766. The van der Waals surface area contributed by atoms with Crippen molar-refractivity contribution in [3.8, 4) is 0 Å². The van der Waals surface area contributed by atoms with Gasteiger partial charge in [-0.3, -0.25) is 19.6 Å². The number of benzene rings is 1. The van der Waals surface area contributed by atoms with Crippen LogP contribution in [0.3, 0.4) is 0 Å². The van der Waals surface area contributed by atoms with Crippen LogP contribution in [0.2, 0.25) is 0 Å². The second kappa shape index (κ2) is 10.8. The maximum atomic E-state index is 13.3. The lowest BCUT2D eigenvalue weighted by Gasteiger charge is -2.37. The van der Waals surface area contributed by atoms with Crippen LogP contribution >= 0.6 is 11.8 Å². The average Bonchev–Trinajstić information content (AvgIpc) is 2.71. The second-order valence-corrected chi connectivity index (χ2v) is 10.9. The molecule has 4 N–H and O–H groups in total. The number of rotatable bonds is 7. The summed E-state index contributed by atoms with van der Waals surface area (Å²) in [5.41, 5.74) is 3.66. The third kappa shape index (κ3) is 7.11. The first-order valence-corrected chi connectivity index (χ1v) is 11.3. The molecule has 1 aromatic rings. The number of thioether (sulfide) groups is 1. The van der Waals surface area contributed by atoms with E-state index in [-0.39, 0.29) is 21.8 Å². The molecule has 0 saturated heterocycles. The maximum Gasteiger partial charge on any atom is 0.248 e. The van der Waals surface area contributed by atoms with E-state index in [9.17, 15) is 19.6 Å². The van der Waals surface area contributed by atoms with Crippen molar-refractivity contribution < 1.29 is 19.6 Å². The van der Waals surface area contributed by atoms with Gasteiger partial charge in [0.1, 0.15) is 6.04 Å². The number of hydrogen-bond donors (Lipinski definition) is 4. The van der Waals surface area contributed by atoms with Gasteiger partial charge in [-0.25, -0.2) is 5.48 Å². The number of nitrogens with one attached hydrogen (secondary N) is 3. The molecule has 0 radical (unpaired) electrons. The largest absolute Gasteiger partial charge is 0.357 e. The van der Waals surface area contributed by atoms with E-state index in [2.05, 4.69) is 10.6 Å². The molecule has 8 heteroatoms. The third-order valence-electron chi connectivity index (χ3n) is 5.18. The van der Waals surface area contributed by atoms with Gasteiger partial charge in [-0.1, -0.05) is 62.8 Å². The van der Waals surface area contributed by atoms with E-state index < -0.39 is 23.8 Å². The predicted molar refractivity (Wildman–Crippen MR) is 123 cm³/mol. The first kappa shape index (κ1) is 24.9. The molecule has 170 valence electrons. The average molecular weight is 448 g/mol. The highest BCUT2D eigenvalue weighted by molar-refractivity contribution is 8.01. The molecular formula is C23H33N3O4S. The summed E-state index contributed by atoms with van der Waals surface area (Å²) < 4.78 is -0.147. The Labute approximate surface area is 188 Å². The van der Waals surface area contributed by atoms with Crippen molar-refractivity contribution in [1.29, 1.82) is 0 Å². The number of amides is 3. The van der Waals surface area contributed by atoms with E-state index in [1.54, 1.807) is 17.2 Å². The molecular weight excluding hydrogens is 414 g/mol. The number of hydroxylamine groups is 1. The molecule has 1 aromatic carbocycles. The molecule has 1 aliphatic rings. The van der Waals surface area contributed by atoms with E-state index >= 15 is 0 Å². The second-order valence-electron chi connectivity index (χ2n) is 8.89. The Bertz CT molecular complexity index is 820. The first-order valence-electron chi connectivity index (χ1n) is 10.4. The zero-order valence-electron chi connectivity index (χ0n) is 18.8. The van der Waals surface area contributed by atoms with Crippen LogP contribution in [0.1, 0.15) is 39.7 Å². The minimum absolute atomic E-state index is 0.147. The van der Waals surface area contributed by atoms with Gasteiger partial charge in [-0.2, -0.15) is 0 Å². The van der Waals surface area contributed by atoms with E-state index in [0.717, 1.165) is 11.1 Å². The summed E-state index contributed by atoms with van der Waals surface area (Å²) >= 11 is 1.58. The highest BCUT2D eigenvalue weighted by Gasteiger charge is 2.43. The van der Waals surface area contributed by atoms with Crippen molar-refractivity contribution in [3.63, 3.8) is 0 Å². The van der Waals surface area contributed by atoms with Gasteiger partial charge in [-0.15, -0.1) is 11.8 Å². The van der Waals surface area contributed by atoms with Crippen LogP contribution in [-0.2, 0) is 20.8 Å². The summed E-state index contributed by atoms with van der Waals surface area (Å²) in [5.74, 6) is -2.71. The number of carbonyl (C=O) groups excluding carboxylic acids is 3. The van der Waals surface area contributed by atoms with Crippen LogP contribution in [0, 0.1) is 11.8 Å². The molecule has 0 aliphatic heterocycles. The van der Waals surface area contributed by atoms with E-state index in [1.807, 2.05) is 64.1 Å². The number of hydrogen-bond acceptors (Lipinski definition) is 5. The van der Waals surface area contributed by atoms with Crippen LogP contribution in [0.5, 0.6) is 0 Å². The van der Waals surface area contributed by atoms with E-state index in [1.165, 1.54) is 7.05 Å². The lowest BCUT2D eigenvalue weighted by atomic mass is 9.78. The predicted octanol–water partition coefficient (Wildman–Crippen LogP) is 2.45. The zero-order valence-corrected chi connectivity index (χ0v) is 19.6. The van der Waals surface area contributed by atoms with Gasteiger partial charge in [0.25, 0.3) is 0 Å². The summed E-state index contributed by atoms with van der Waals surface area (Å²) in [6.07, 6.45) is 2.72. The Kier molecular flexibility index (Phi) is 8.70. The molecule has 2 rings (SSSR count). The Balaban J connectivity index is 2.29. The highest BCUT2D eigenvalue weighted by Crippen LogP contribution is 2.41. The third-order valence-corrected chi connectivity index (χ3v) is 6.59. The lowest BCUT2D eigenvalue weighted by molar-refractivity contribution is -0.141. The standard InChI is InChI=1S/C23H33N3O4S/c1-14-11-16(19(22(29)26-30)18(12-14)31-23(2,3)4)20(27)25-17(21(28)24-5)13-15-9-7-6-8-10-15/h6-10,12,16-19,30H,11,13H2,1-5H3,(H,24,28)(H,25,27)(H,26,29)/t16-,17+,18?,19+/m1/s1. The van der Waals surface area contributed by atoms with Gasteiger partial charge in [0, 0.05) is 23.5 Å². The van der Waals surface area contributed by atoms with Crippen molar-refractivity contribution in [2.45, 2.75) is 56.6 Å². The van der Waals surface area contributed by atoms with Crippen LogP contribution in [-0.4, -0.2) is 46.0 Å². The molecule has 0 spiro atoms. The number of carbonyl (C=O) groups is 3. The Hall–Kier alpha value is -2.32. The molecule has 0 aromatic heterocycles. The van der Waals surface area contributed by atoms with Gasteiger partial charge in [-0.05, 0) is 18.9 Å². The van der Waals surface area contributed by atoms with Crippen LogP contribution < -0.4 is 16.1 Å². The topological polar surface area (TPSA) is 108 Å². The fraction of sp³-hybridized carbons (Fsp3) is 0.522. The quantitative estimate of drug-likeness (QED) is 0.292. The normalized spacial score (nSPS) is 22.1. The highest BCUT2D eigenvalue weighted by atomic mass is 32.2. The summed E-state index contributed by atoms with van der Waals surface area (Å²) in [5, 5.41) is 14.5.